The number of aryl methyl sites for hydroxylation is 1. The van der Waals surface area contributed by atoms with E-state index in [4.69, 9.17) is 0 Å². The maximum atomic E-state index is 12.6. The number of carbonyl (C=O) groups is 2. The van der Waals surface area contributed by atoms with E-state index in [1.807, 2.05) is 25.1 Å². The number of aliphatic hydroxyl groups is 1. The Morgan fingerprint density at radius 2 is 2.00 bits per heavy atom. The van der Waals surface area contributed by atoms with Crippen LogP contribution >= 0.6 is 0 Å². The van der Waals surface area contributed by atoms with Crippen LogP contribution in [-0.2, 0) is 11.2 Å². The van der Waals surface area contributed by atoms with Crippen molar-refractivity contribution in [2.24, 2.45) is 0 Å². The minimum absolute atomic E-state index is 0.0870. The van der Waals surface area contributed by atoms with Crippen molar-refractivity contribution in [3.8, 4) is 0 Å². The minimum Gasteiger partial charge on any atom is -0.390 e. The Kier molecular flexibility index (Phi) is 6.76. The summed E-state index contributed by atoms with van der Waals surface area (Å²) < 4.78 is 0. The summed E-state index contributed by atoms with van der Waals surface area (Å²) in [5.74, 6) is -0.192. The monoisotopic (exact) mass is 320 g/mol. The molecular formula is C18H28N2O3. The number of hydrogen-bond acceptors (Lipinski definition) is 3. The highest BCUT2D eigenvalue weighted by Crippen LogP contribution is 2.16. The standard InChI is InChI=1S/C18H28N2O3/c1-13(11-16(21)19-4)20(5)17(22)15-8-6-7-14(12-15)9-10-18(2,3)23/h6-8,12-13,23H,9-11H2,1-5H3,(H,19,21)/t13-/m0/s1. The van der Waals surface area contributed by atoms with Crippen LogP contribution in [0, 0.1) is 0 Å². The molecular weight excluding hydrogens is 292 g/mol. The van der Waals surface area contributed by atoms with Crippen LogP contribution in [0.5, 0.6) is 0 Å². The van der Waals surface area contributed by atoms with Gasteiger partial charge in [0, 0.05) is 32.1 Å². The van der Waals surface area contributed by atoms with Gasteiger partial charge in [0.2, 0.25) is 5.91 Å². The van der Waals surface area contributed by atoms with Gasteiger partial charge in [0.1, 0.15) is 0 Å². The van der Waals surface area contributed by atoms with Gasteiger partial charge in [0.15, 0.2) is 0 Å². The molecule has 0 saturated carbocycles. The number of carbonyl (C=O) groups excluding carboxylic acids is 2. The first-order chi connectivity index (χ1) is 10.6. The zero-order valence-electron chi connectivity index (χ0n) is 14.7. The maximum Gasteiger partial charge on any atom is 0.253 e. The van der Waals surface area contributed by atoms with Crippen molar-refractivity contribution < 1.29 is 14.7 Å². The molecule has 0 spiro atoms. The second-order valence-corrected chi connectivity index (χ2v) is 6.66. The number of nitrogens with zero attached hydrogens (tertiary/aromatic N) is 1. The number of benzene rings is 1. The van der Waals surface area contributed by atoms with Crippen molar-refractivity contribution in [2.45, 2.75) is 51.7 Å². The fourth-order valence-corrected chi connectivity index (χ4v) is 2.22. The molecule has 0 aromatic heterocycles. The molecule has 1 aromatic carbocycles. The SMILES string of the molecule is CNC(=O)C[C@H](C)N(C)C(=O)c1cccc(CCC(C)(C)O)c1. The van der Waals surface area contributed by atoms with Gasteiger partial charge in [-0.2, -0.15) is 0 Å². The van der Waals surface area contributed by atoms with Crippen LogP contribution in [0.1, 0.15) is 49.5 Å². The lowest BCUT2D eigenvalue weighted by atomic mass is 9.97. The molecule has 5 heteroatoms. The minimum atomic E-state index is -0.723. The second kappa shape index (κ2) is 8.11. The van der Waals surface area contributed by atoms with Gasteiger partial charge in [0.05, 0.1) is 5.60 Å². The number of hydrogen-bond donors (Lipinski definition) is 2. The van der Waals surface area contributed by atoms with Crippen molar-refractivity contribution in [1.29, 1.82) is 0 Å². The highest BCUT2D eigenvalue weighted by atomic mass is 16.3. The van der Waals surface area contributed by atoms with Gasteiger partial charge >= 0.3 is 0 Å². The number of nitrogens with one attached hydrogen (secondary N) is 1. The van der Waals surface area contributed by atoms with E-state index >= 15 is 0 Å². The van der Waals surface area contributed by atoms with Crippen LogP contribution in [0.15, 0.2) is 24.3 Å². The van der Waals surface area contributed by atoms with Crippen molar-refractivity contribution in [2.75, 3.05) is 14.1 Å². The summed E-state index contributed by atoms with van der Waals surface area (Å²) in [7, 11) is 3.29. The molecule has 0 radical (unpaired) electrons. The summed E-state index contributed by atoms with van der Waals surface area (Å²) >= 11 is 0. The highest BCUT2D eigenvalue weighted by molar-refractivity contribution is 5.94. The summed E-state index contributed by atoms with van der Waals surface area (Å²) in [5, 5.41) is 12.4. The average molecular weight is 320 g/mol. The first kappa shape index (κ1) is 19.2. The predicted octanol–water partition coefficient (Wildman–Crippen LogP) is 1.99. The molecule has 0 fully saturated rings. The summed E-state index contributed by atoms with van der Waals surface area (Å²) in [6.45, 7) is 5.40. The molecule has 0 saturated heterocycles. The van der Waals surface area contributed by atoms with E-state index in [-0.39, 0.29) is 24.3 Å². The molecule has 0 unspecified atom stereocenters. The Morgan fingerprint density at radius 1 is 1.35 bits per heavy atom. The molecule has 1 rings (SSSR count). The van der Waals surface area contributed by atoms with E-state index in [9.17, 15) is 14.7 Å². The van der Waals surface area contributed by atoms with Crippen LogP contribution in [0.4, 0.5) is 0 Å². The maximum absolute atomic E-state index is 12.6. The molecule has 1 aromatic rings. The van der Waals surface area contributed by atoms with Crippen LogP contribution in [0.2, 0.25) is 0 Å². The van der Waals surface area contributed by atoms with Crippen molar-refractivity contribution in [1.82, 2.24) is 10.2 Å². The Balaban J connectivity index is 2.77. The Labute approximate surface area is 138 Å². The molecule has 23 heavy (non-hydrogen) atoms. The molecule has 0 heterocycles. The van der Waals surface area contributed by atoms with E-state index in [0.29, 0.717) is 18.4 Å². The fraction of sp³-hybridized carbons (Fsp3) is 0.556. The molecule has 128 valence electrons. The van der Waals surface area contributed by atoms with Gasteiger partial charge in [-0.1, -0.05) is 12.1 Å². The lowest BCUT2D eigenvalue weighted by molar-refractivity contribution is -0.121. The zero-order valence-corrected chi connectivity index (χ0v) is 14.7. The van der Waals surface area contributed by atoms with Crippen molar-refractivity contribution >= 4 is 11.8 Å². The van der Waals surface area contributed by atoms with E-state index in [2.05, 4.69) is 5.32 Å². The normalized spacial score (nSPS) is 12.6. The third kappa shape index (κ3) is 6.40. The molecule has 0 aliphatic carbocycles. The van der Waals surface area contributed by atoms with Crippen LogP contribution in [0.25, 0.3) is 0 Å². The van der Waals surface area contributed by atoms with Gasteiger partial charge in [0.25, 0.3) is 5.91 Å². The van der Waals surface area contributed by atoms with Crippen molar-refractivity contribution in [3.05, 3.63) is 35.4 Å². The number of rotatable bonds is 7. The first-order valence-electron chi connectivity index (χ1n) is 7.93. The summed E-state index contributed by atoms with van der Waals surface area (Å²) in [6, 6.07) is 7.26. The van der Waals surface area contributed by atoms with E-state index in [1.54, 1.807) is 38.9 Å². The van der Waals surface area contributed by atoms with Gasteiger partial charge in [-0.05, 0) is 51.3 Å². The largest absolute Gasteiger partial charge is 0.390 e. The van der Waals surface area contributed by atoms with Gasteiger partial charge < -0.3 is 15.3 Å². The topological polar surface area (TPSA) is 69.6 Å². The lowest BCUT2D eigenvalue weighted by Gasteiger charge is -2.24. The molecule has 0 aliphatic rings. The van der Waals surface area contributed by atoms with E-state index in [1.165, 1.54) is 0 Å². The van der Waals surface area contributed by atoms with E-state index < -0.39 is 5.60 Å². The molecule has 5 nitrogen and oxygen atoms in total. The summed E-state index contributed by atoms with van der Waals surface area (Å²) in [6.07, 6.45) is 1.62. The number of amides is 2. The smallest absolute Gasteiger partial charge is 0.253 e. The molecule has 2 amide bonds. The fourth-order valence-electron chi connectivity index (χ4n) is 2.22. The lowest BCUT2D eigenvalue weighted by Crippen LogP contribution is -2.38. The quantitative estimate of drug-likeness (QED) is 0.807. The van der Waals surface area contributed by atoms with Crippen LogP contribution < -0.4 is 5.32 Å². The van der Waals surface area contributed by atoms with Gasteiger partial charge in [-0.25, -0.2) is 0 Å². The predicted molar refractivity (Wildman–Crippen MR) is 91.3 cm³/mol. The Bertz CT molecular complexity index is 549. The van der Waals surface area contributed by atoms with Gasteiger partial charge in [-0.15, -0.1) is 0 Å². The summed E-state index contributed by atoms with van der Waals surface area (Å²) in [5.41, 5.74) is 0.897. The van der Waals surface area contributed by atoms with Crippen LogP contribution in [0.3, 0.4) is 0 Å². The zero-order chi connectivity index (χ0) is 17.6. The van der Waals surface area contributed by atoms with Gasteiger partial charge in [-0.3, -0.25) is 9.59 Å². The molecule has 2 N–H and O–H groups in total. The first-order valence-corrected chi connectivity index (χ1v) is 7.93. The third-order valence-corrected chi connectivity index (χ3v) is 3.94. The summed E-state index contributed by atoms with van der Waals surface area (Å²) in [4.78, 5) is 25.6. The third-order valence-electron chi connectivity index (χ3n) is 3.94. The van der Waals surface area contributed by atoms with Crippen molar-refractivity contribution in [3.63, 3.8) is 0 Å². The van der Waals surface area contributed by atoms with Crippen LogP contribution in [-0.4, -0.2) is 47.6 Å². The molecule has 0 bridgehead atoms. The molecule has 0 aliphatic heterocycles. The Morgan fingerprint density at radius 3 is 2.57 bits per heavy atom. The Hall–Kier alpha value is -1.88. The highest BCUT2D eigenvalue weighted by Gasteiger charge is 2.20. The average Bonchev–Trinajstić information content (AvgIpc) is 2.50. The second-order valence-electron chi connectivity index (χ2n) is 6.66. The molecule has 1 atom stereocenters. The van der Waals surface area contributed by atoms with E-state index in [0.717, 1.165) is 5.56 Å².